The van der Waals surface area contributed by atoms with Gasteiger partial charge in [0, 0.05) is 13.6 Å². The number of aromatic nitrogens is 2. The van der Waals surface area contributed by atoms with Crippen molar-refractivity contribution in [2.45, 2.75) is 37.2 Å². The smallest absolute Gasteiger partial charge is 0.243 e. The molecule has 2 aromatic carbocycles. The third-order valence-electron chi connectivity index (χ3n) is 5.43. The molecule has 0 radical (unpaired) electrons. The average molecular weight is 413 g/mol. The lowest BCUT2D eigenvalue weighted by molar-refractivity contribution is -0.124. The number of carbonyl (C=O) groups is 1. The second-order valence-corrected chi connectivity index (χ2v) is 9.27. The lowest BCUT2D eigenvalue weighted by Gasteiger charge is -2.23. The molecule has 0 bridgehead atoms. The van der Waals surface area contributed by atoms with Crippen LogP contribution in [0.15, 0.2) is 53.4 Å². The summed E-state index contributed by atoms with van der Waals surface area (Å²) >= 11 is 0. The predicted molar refractivity (Wildman–Crippen MR) is 111 cm³/mol. The van der Waals surface area contributed by atoms with Gasteiger partial charge >= 0.3 is 0 Å². The van der Waals surface area contributed by atoms with Gasteiger partial charge in [-0.2, -0.15) is 4.31 Å². The summed E-state index contributed by atoms with van der Waals surface area (Å²) in [5, 5.41) is 2.88. The molecule has 1 saturated heterocycles. The number of nitrogens with zero attached hydrogens (tertiary/aromatic N) is 3. The summed E-state index contributed by atoms with van der Waals surface area (Å²) in [6.45, 7) is 2.50. The monoisotopic (exact) mass is 412 g/mol. The van der Waals surface area contributed by atoms with E-state index >= 15 is 0 Å². The van der Waals surface area contributed by atoms with Crippen LogP contribution < -0.4 is 5.32 Å². The Kier molecular flexibility index (Phi) is 5.14. The highest BCUT2D eigenvalue weighted by Gasteiger charge is 2.39. The Balaban J connectivity index is 1.50. The lowest BCUT2D eigenvalue weighted by Crippen LogP contribution is -2.45. The molecule has 0 unspecified atom stereocenters. The van der Waals surface area contributed by atoms with Crippen LogP contribution in [0.2, 0.25) is 0 Å². The molecule has 1 amide bonds. The fourth-order valence-electron chi connectivity index (χ4n) is 3.77. The standard InChI is InChI=1S/C21H24N4O3S/c1-15-9-11-16(12-10-15)29(27,28)25-13-5-8-19(25)21(26)22-14-20-23-17-6-3-4-7-18(17)24(20)2/h3-4,6-7,9-12,19H,5,8,13-14H2,1-2H3,(H,22,26)/t19-/m1/s1. The Labute approximate surface area is 170 Å². The first-order valence-corrected chi connectivity index (χ1v) is 11.1. The van der Waals surface area contributed by atoms with Gasteiger partial charge in [-0.1, -0.05) is 29.8 Å². The number of carbonyl (C=O) groups excluding carboxylic acids is 1. The Morgan fingerprint density at radius 1 is 1.17 bits per heavy atom. The highest BCUT2D eigenvalue weighted by atomic mass is 32.2. The minimum atomic E-state index is -3.71. The molecule has 1 aliphatic rings. The molecule has 1 aromatic heterocycles. The van der Waals surface area contributed by atoms with Gasteiger partial charge < -0.3 is 9.88 Å². The zero-order chi connectivity index (χ0) is 20.6. The van der Waals surface area contributed by atoms with Crippen LogP contribution in [0.1, 0.15) is 24.2 Å². The van der Waals surface area contributed by atoms with E-state index < -0.39 is 16.1 Å². The molecule has 0 spiro atoms. The van der Waals surface area contributed by atoms with Crippen molar-refractivity contribution in [3.8, 4) is 0 Å². The number of para-hydroxylation sites is 2. The minimum absolute atomic E-state index is 0.221. The molecule has 29 heavy (non-hydrogen) atoms. The fourth-order valence-corrected chi connectivity index (χ4v) is 5.43. The van der Waals surface area contributed by atoms with Gasteiger partial charge in [-0.15, -0.1) is 0 Å². The topological polar surface area (TPSA) is 84.3 Å². The third-order valence-corrected chi connectivity index (χ3v) is 7.36. The maximum atomic E-state index is 13.0. The van der Waals surface area contributed by atoms with Crippen LogP contribution >= 0.6 is 0 Å². The van der Waals surface area contributed by atoms with E-state index in [-0.39, 0.29) is 17.3 Å². The summed E-state index contributed by atoms with van der Waals surface area (Å²) in [6.07, 6.45) is 1.18. The summed E-state index contributed by atoms with van der Waals surface area (Å²) in [5.74, 6) is 0.440. The molecule has 1 N–H and O–H groups in total. The van der Waals surface area contributed by atoms with Crippen LogP contribution in [-0.4, -0.2) is 40.8 Å². The second-order valence-electron chi connectivity index (χ2n) is 7.38. The minimum Gasteiger partial charge on any atom is -0.347 e. The number of benzene rings is 2. The number of hydrogen-bond donors (Lipinski definition) is 1. The SMILES string of the molecule is Cc1ccc(S(=O)(=O)N2CCC[C@@H]2C(=O)NCc2nc3ccccc3n2C)cc1. The van der Waals surface area contributed by atoms with Gasteiger partial charge in [0.25, 0.3) is 0 Å². The second kappa shape index (κ2) is 7.61. The van der Waals surface area contributed by atoms with Gasteiger partial charge in [0.2, 0.25) is 15.9 Å². The molecule has 0 aliphatic carbocycles. The van der Waals surface area contributed by atoms with Crippen LogP contribution in [0.5, 0.6) is 0 Å². The Morgan fingerprint density at radius 3 is 2.62 bits per heavy atom. The van der Waals surface area contributed by atoms with Crippen molar-refractivity contribution >= 4 is 27.0 Å². The summed E-state index contributed by atoms with van der Waals surface area (Å²) in [5.41, 5.74) is 2.84. The first-order valence-electron chi connectivity index (χ1n) is 9.64. The highest BCUT2D eigenvalue weighted by molar-refractivity contribution is 7.89. The summed E-state index contributed by atoms with van der Waals surface area (Å²) in [4.78, 5) is 17.6. The molecule has 1 aliphatic heterocycles. The normalized spacial score (nSPS) is 17.7. The van der Waals surface area contributed by atoms with Crippen molar-refractivity contribution in [1.29, 1.82) is 0 Å². The van der Waals surface area contributed by atoms with Crippen LogP contribution in [0.3, 0.4) is 0 Å². The van der Waals surface area contributed by atoms with E-state index in [0.717, 1.165) is 22.4 Å². The molecular formula is C21H24N4O3S. The number of aryl methyl sites for hydroxylation is 2. The number of rotatable bonds is 5. The van der Waals surface area contributed by atoms with Gasteiger partial charge in [-0.3, -0.25) is 4.79 Å². The molecular weight excluding hydrogens is 388 g/mol. The molecule has 8 heteroatoms. The van der Waals surface area contributed by atoms with Crippen molar-refractivity contribution in [2.24, 2.45) is 7.05 Å². The number of amides is 1. The van der Waals surface area contributed by atoms with Gasteiger partial charge in [0.1, 0.15) is 11.9 Å². The van der Waals surface area contributed by atoms with E-state index in [4.69, 9.17) is 0 Å². The molecule has 2 heterocycles. The summed E-state index contributed by atoms with van der Waals surface area (Å²) in [6, 6.07) is 13.8. The summed E-state index contributed by atoms with van der Waals surface area (Å²) < 4.78 is 29.3. The van der Waals surface area contributed by atoms with E-state index in [2.05, 4.69) is 10.3 Å². The van der Waals surface area contributed by atoms with Gasteiger partial charge in [-0.25, -0.2) is 13.4 Å². The van der Waals surface area contributed by atoms with E-state index in [9.17, 15) is 13.2 Å². The molecule has 1 atom stereocenters. The predicted octanol–water partition coefficient (Wildman–Crippen LogP) is 2.35. The van der Waals surface area contributed by atoms with Crippen LogP contribution in [0.4, 0.5) is 0 Å². The van der Waals surface area contributed by atoms with Crippen molar-refractivity contribution in [3.63, 3.8) is 0 Å². The van der Waals surface area contributed by atoms with Crippen LogP contribution in [0, 0.1) is 6.92 Å². The Hall–Kier alpha value is -2.71. The molecule has 4 rings (SSSR count). The number of imidazole rings is 1. The number of fused-ring (bicyclic) bond motifs is 1. The van der Waals surface area contributed by atoms with Crippen molar-refractivity contribution in [2.75, 3.05) is 6.54 Å². The van der Waals surface area contributed by atoms with E-state index in [1.807, 2.05) is 42.8 Å². The summed E-state index contributed by atoms with van der Waals surface area (Å²) in [7, 11) is -1.81. The molecule has 152 valence electrons. The number of nitrogens with one attached hydrogen (secondary N) is 1. The van der Waals surface area contributed by atoms with E-state index in [1.165, 1.54) is 4.31 Å². The average Bonchev–Trinajstić information content (AvgIpc) is 3.33. The number of hydrogen-bond acceptors (Lipinski definition) is 4. The maximum absolute atomic E-state index is 13.0. The first kappa shape index (κ1) is 19.6. The van der Waals surface area contributed by atoms with E-state index in [0.29, 0.717) is 19.4 Å². The fraction of sp³-hybridized carbons (Fsp3) is 0.333. The maximum Gasteiger partial charge on any atom is 0.243 e. The molecule has 3 aromatic rings. The lowest BCUT2D eigenvalue weighted by atomic mass is 10.2. The van der Waals surface area contributed by atoms with Crippen molar-refractivity contribution < 1.29 is 13.2 Å². The van der Waals surface area contributed by atoms with E-state index in [1.54, 1.807) is 24.3 Å². The molecule has 7 nitrogen and oxygen atoms in total. The zero-order valence-electron chi connectivity index (χ0n) is 16.5. The van der Waals surface area contributed by atoms with Crippen molar-refractivity contribution in [3.05, 3.63) is 59.9 Å². The van der Waals surface area contributed by atoms with Crippen LogP contribution in [-0.2, 0) is 28.4 Å². The first-order chi connectivity index (χ1) is 13.9. The zero-order valence-corrected chi connectivity index (χ0v) is 17.3. The van der Waals surface area contributed by atoms with Gasteiger partial charge in [0.05, 0.1) is 22.5 Å². The van der Waals surface area contributed by atoms with Crippen molar-refractivity contribution in [1.82, 2.24) is 19.2 Å². The Bertz CT molecular complexity index is 1150. The highest BCUT2D eigenvalue weighted by Crippen LogP contribution is 2.26. The third kappa shape index (κ3) is 3.65. The quantitative estimate of drug-likeness (QED) is 0.697. The van der Waals surface area contributed by atoms with Gasteiger partial charge in [-0.05, 0) is 44.0 Å². The largest absolute Gasteiger partial charge is 0.347 e. The van der Waals surface area contributed by atoms with Gasteiger partial charge in [0.15, 0.2) is 0 Å². The molecule has 1 fully saturated rings. The Morgan fingerprint density at radius 2 is 1.90 bits per heavy atom. The van der Waals surface area contributed by atoms with Crippen LogP contribution in [0.25, 0.3) is 11.0 Å². The number of sulfonamides is 1. The molecule has 0 saturated carbocycles.